The first-order valence-corrected chi connectivity index (χ1v) is 12.0. The topological polar surface area (TPSA) is 98.8 Å². The Morgan fingerprint density at radius 2 is 1.97 bits per heavy atom. The number of morpholine rings is 1. The van der Waals surface area contributed by atoms with Crippen LogP contribution in [-0.4, -0.2) is 60.8 Å². The number of rotatable bonds is 7. The van der Waals surface area contributed by atoms with Crippen LogP contribution in [0.2, 0.25) is 0 Å². The molecule has 0 spiro atoms. The molecule has 0 atom stereocenters. The highest BCUT2D eigenvalue weighted by Crippen LogP contribution is 2.32. The van der Waals surface area contributed by atoms with Crippen molar-refractivity contribution in [3.8, 4) is 11.4 Å². The number of pyridine rings is 1. The molecule has 6 rings (SSSR count). The number of fused-ring (bicyclic) bond motifs is 1. The molecule has 1 aliphatic heterocycles. The number of nitrogens with one attached hydrogen (secondary N) is 1. The molecule has 176 valence electrons. The van der Waals surface area contributed by atoms with Crippen LogP contribution >= 0.6 is 0 Å². The van der Waals surface area contributed by atoms with Gasteiger partial charge < -0.3 is 15.0 Å². The number of nitrogens with zero attached hydrogens (tertiary/aromatic N) is 8. The van der Waals surface area contributed by atoms with Crippen LogP contribution in [0.1, 0.15) is 32.7 Å². The highest BCUT2D eigenvalue weighted by molar-refractivity contribution is 5.92. The van der Waals surface area contributed by atoms with E-state index in [2.05, 4.69) is 43.8 Å². The number of aromatic nitrogens is 7. The molecular formula is C24H29N9O. The Hall–Kier alpha value is -3.53. The van der Waals surface area contributed by atoms with Crippen molar-refractivity contribution in [1.29, 1.82) is 0 Å². The third kappa shape index (κ3) is 4.21. The molecule has 1 saturated carbocycles. The fraction of sp³-hybridized carbons (Fsp3) is 0.458. The first-order valence-electron chi connectivity index (χ1n) is 12.0. The number of anilines is 3. The molecule has 0 aromatic carbocycles. The lowest BCUT2D eigenvalue weighted by Gasteiger charge is -2.26. The molecule has 4 aromatic rings. The largest absolute Gasteiger partial charge is 0.378 e. The van der Waals surface area contributed by atoms with Gasteiger partial charge in [0.25, 0.3) is 0 Å². The average Bonchev–Trinajstić information content (AvgIpc) is 3.40. The molecule has 0 bridgehead atoms. The van der Waals surface area contributed by atoms with Crippen molar-refractivity contribution in [2.45, 2.75) is 39.3 Å². The monoisotopic (exact) mass is 459 g/mol. The van der Waals surface area contributed by atoms with Gasteiger partial charge in [-0.15, -0.1) is 0 Å². The van der Waals surface area contributed by atoms with Crippen molar-refractivity contribution in [3.63, 3.8) is 0 Å². The summed E-state index contributed by atoms with van der Waals surface area (Å²) in [4.78, 5) is 16.1. The molecule has 0 amide bonds. The van der Waals surface area contributed by atoms with Gasteiger partial charge in [0.1, 0.15) is 11.6 Å². The Kier molecular flexibility index (Phi) is 5.37. The molecular weight excluding hydrogens is 430 g/mol. The lowest BCUT2D eigenvalue weighted by atomic mass is 10.2. The summed E-state index contributed by atoms with van der Waals surface area (Å²) in [7, 11) is 0. The van der Waals surface area contributed by atoms with Crippen LogP contribution in [0.4, 0.5) is 17.5 Å². The smallest absolute Gasteiger partial charge is 0.164 e. The first-order chi connectivity index (χ1) is 16.6. The van der Waals surface area contributed by atoms with Gasteiger partial charge in [-0.2, -0.15) is 10.2 Å². The van der Waals surface area contributed by atoms with Crippen molar-refractivity contribution in [2.24, 2.45) is 5.92 Å². The summed E-state index contributed by atoms with van der Waals surface area (Å²) in [5.74, 6) is 3.80. The molecule has 34 heavy (non-hydrogen) atoms. The maximum Gasteiger partial charge on any atom is 0.164 e. The predicted molar refractivity (Wildman–Crippen MR) is 130 cm³/mol. The van der Waals surface area contributed by atoms with Gasteiger partial charge >= 0.3 is 0 Å². The Bertz CT molecular complexity index is 1300. The maximum absolute atomic E-state index is 5.52. The van der Waals surface area contributed by atoms with E-state index in [4.69, 9.17) is 14.8 Å². The van der Waals surface area contributed by atoms with Gasteiger partial charge in [-0.25, -0.2) is 15.0 Å². The van der Waals surface area contributed by atoms with E-state index < -0.39 is 0 Å². The minimum Gasteiger partial charge on any atom is -0.378 e. The second kappa shape index (κ2) is 8.68. The number of ether oxygens (including phenoxy) is 1. The molecule has 5 heterocycles. The van der Waals surface area contributed by atoms with Crippen LogP contribution in [0.25, 0.3) is 22.3 Å². The van der Waals surface area contributed by atoms with Gasteiger partial charge in [-0.1, -0.05) is 0 Å². The summed E-state index contributed by atoms with van der Waals surface area (Å²) < 4.78 is 9.57. The fourth-order valence-corrected chi connectivity index (χ4v) is 4.33. The van der Waals surface area contributed by atoms with Gasteiger partial charge in [0.2, 0.25) is 0 Å². The average molecular weight is 460 g/mol. The molecule has 1 aliphatic carbocycles. The Labute approximate surface area is 198 Å². The number of hydrogen-bond acceptors (Lipinski definition) is 8. The zero-order chi connectivity index (χ0) is 23.1. The van der Waals surface area contributed by atoms with E-state index in [1.54, 1.807) is 6.20 Å². The summed E-state index contributed by atoms with van der Waals surface area (Å²) in [6.07, 6.45) is 10.1. The van der Waals surface area contributed by atoms with Crippen LogP contribution in [-0.2, 0) is 11.3 Å². The summed E-state index contributed by atoms with van der Waals surface area (Å²) in [6, 6.07) is 4.12. The lowest BCUT2D eigenvalue weighted by molar-refractivity contribution is 0.122. The second-order valence-electron chi connectivity index (χ2n) is 9.33. The number of hydrogen-bond donors (Lipinski definition) is 1. The van der Waals surface area contributed by atoms with E-state index >= 15 is 0 Å². The third-order valence-corrected chi connectivity index (χ3v) is 6.32. The highest BCUT2D eigenvalue weighted by atomic mass is 16.5. The molecule has 1 saturated heterocycles. The minimum atomic E-state index is 0.227. The molecule has 4 aromatic heterocycles. The van der Waals surface area contributed by atoms with Crippen molar-refractivity contribution in [2.75, 3.05) is 36.5 Å². The normalized spacial score (nSPS) is 16.5. The van der Waals surface area contributed by atoms with Gasteiger partial charge in [0, 0.05) is 50.3 Å². The summed E-state index contributed by atoms with van der Waals surface area (Å²) in [5, 5.41) is 13.8. The first kappa shape index (κ1) is 21.0. The quantitative estimate of drug-likeness (QED) is 0.447. The summed E-state index contributed by atoms with van der Waals surface area (Å²) in [5.41, 5.74) is 1.96. The van der Waals surface area contributed by atoms with Gasteiger partial charge in [-0.3, -0.25) is 9.36 Å². The van der Waals surface area contributed by atoms with Crippen LogP contribution in [0, 0.1) is 5.92 Å². The second-order valence-corrected chi connectivity index (χ2v) is 9.33. The van der Waals surface area contributed by atoms with Crippen LogP contribution in [0.15, 0.2) is 36.9 Å². The summed E-state index contributed by atoms with van der Waals surface area (Å²) >= 11 is 0. The third-order valence-electron chi connectivity index (χ3n) is 6.32. The van der Waals surface area contributed by atoms with Gasteiger partial charge in [-0.05, 0) is 38.7 Å². The van der Waals surface area contributed by atoms with Gasteiger partial charge in [0.15, 0.2) is 11.6 Å². The zero-order valence-electron chi connectivity index (χ0n) is 19.6. The standard InChI is InChI=1S/C24H29N9O/c1-16(2)33-20-11-22(26-13-19(20)24(30-33)31-7-9-34-10-8-31)28-21-5-6-25-23(29-21)18-12-27-32(15-18)14-17-3-4-17/h5-6,11-13,15-17H,3-4,7-10,14H2,1-2H3,(H,25,26,28,29). The van der Waals surface area contributed by atoms with Crippen LogP contribution < -0.4 is 10.2 Å². The maximum atomic E-state index is 5.52. The minimum absolute atomic E-state index is 0.227. The van der Waals surface area contributed by atoms with Crippen molar-refractivity contribution in [1.82, 2.24) is 34.5 Å². The predicted octanol–water partition coefficient (Wildman–Crippen LogP) is 3.66. The SMILES string of the molecule is CC(C)n1nc(N2CCOCC2)c2cnc(Nc3ccnc(-c4cnn(CC5CC5)c4)n3)cc21. The van der Waals surface area contributed by atoms with E-state index in [0.29, 0.717) is 11.6 Å². The van der Waals surface area contributed by atoms with Crippen LogP contribution in [0.5, 0.6) is 0 Å². The fourth-order valence-electron chi connectivity index (χ4n) is 4.33. The molecule has 10 nitrogen and oxygen atoms in total. The lowest BCUT2D eigenvalue weighted by Crippen LogP contribution is -2.36. The molecule has 0 unspecified atom stereocenters. The van der Waals surface area contributed by atoms with Crippen molar-refractivity contribution in [3.05, 3.63) is 36.9 Å². The molecule has 1 N–H and O–H groups in total. The Morgan fingerprint density at radius 3 is 2.76 bits per heavy atom. The van der Waals surface area contributed by atoms with E-state index in [9.17, 15) is 0 Å². The molecule has 0 radical (unpaired) electrons. The zero-order valence-corrected chi connectivity index (χ0v) is 19.6. The van der Waals surface area contributed by atoms with Crippen molar-refractivity contribution >= 4 is 28.4 Å². The summed E-state index contributed by atoms with van der Waals surface area (Å²) in [6.45, 7) is 8.37. The van der Waals surface area contributed by atoms with Gasteiger partial charge in [0.05, 0.1) is 35.9 Å². The molecule has 2 aliphatic rings. The van der Waals surface area contributed by atoms with Crippen LogP contribution in [0.3, 0.4) is 0 Å². The Morgan fingerprint density at radius 1 is 1.12 bits per heavy atom. The van der Waals surface area contributed by atoms with Crippen molar-refractivity contribution < 1.29 is 4.74 Å². The molecule has 10 heteroatoms. The van der Waals surface area contributed by atoms with E-state index in [-0.39, 0.29) is 6.04 Å². The Balaban J connectivity index is 1.27. The molecule has 2 fully saturated rings. The highest BCUT2D eigenvalue weighted by Gasteiger charge is 2.23. The van der Waals surface area contributed by atoms with E-state index in [1.807, 2.05) is 35.4 Å². The van der Waals surface area contributed by atoms with E-state index in [1.165, 1.54) is 12.8 Å². The van der Waals surface area contributed by atoms with E-state index in [0.717, 1.165) is 66.9 Å².